The van der Waals surface area contributed by atoms with Gasteiger partial charge in [-0.2, -0.15) is 5.10 Å². The van der Waals surface area contributed by atoms with E-state index in [0.29, 0.717) is 16.3 Å². The van der Waals surface area contributed by atoms with Crippen molar-refractivity contribution < 1.29 is 14.1 Å². The molecule has 6 nitrogen and oxygen atoms in total. The van der Waals surface area contributed by atoms with Gasteiger partial charge in [-0.05, 0) is 32.9 Å². The summed E-state index contributed by atoms with van der Waals surface area (Å²) in [6.07, 6.45) is 2.66. The molecular formula is C19H22ClFN4O2S. The minimum absolute atomic E-state index is 0.143. The summed E-state index contributed by atoms with van der Waals surface area (Å²) >= 11 is 7.61. The van der Waals surface area contributed by atoms with Crippen molar-refractivity contribution in [1.82, 2.24) is 9.78 Å². The van der Waals surface area contributed by atoms with Crippen molar-refractivity contribution in [2.45, 2.75) is 39.4 Å². The Kier molecular flexibility index (Phi) is 6.30. The number of aromatic nitrogens is 2. The maximum atomic E-state index is 13.2. The van der Waals surface area contributed by atoms with E-state index in [9.17, 15) is 4.39 Å². The van der Waals surface area contributed by atoms with Crippen LogP contribution in [0.3, 0.4) is 0 Å². The lowest BCUT2D eigenvalue weighted by Crippen LogP contribution is -2.18. The SMILES string of the molecule is Cc1nn(C)cc1C(CSC1=NOC(C)(C)C1)=NOCc1ccc(F)cc1Cl. The largest absolute Gasteiger partial charge is 0.391 e. The molecule has 2 heterocycles. The van der Waals surface area contributed by atoms with Crippen LogP contribution in [0.1, 0.15) is 37.1 Å². The summed E-state index contributed by atoms with van der Waals surface area (Å²) in [5.41, 5.74) is 2.88. The average Bonchev–Trinajstić information content (AvgIpc) is 3.13. The maximum Gasteiger partial charge on any atom is 0.143 e. The summed E-state index contributed by atoms with van der Waals surface area (Å²) < 4.78 is 14.9. The van der Waals surface area contributed by atoms with Gasteiger partial charge in [-0.3, -0.25) is 4.68 Å². The predicted molar refractivity (Wildman–Crippen MR) is 110 cm³/mol. The Morgan fingerprint density at radius 1 is 1.46 bits per heavy atom. The van der Waals surface area contributed by atoms with Crippen molar-refractivity contribution in [3.8, 4) is 0 Å². The molecular weight excluding hydrogens is 403 g/mol. The highest BCUT2D eigenvalue weighted by molar-refractivity contribution is 8.14. The molecule has 0 radical (unpaired) electrons. The number of thioether (sulfide) groups is 1. The van der Waals surface area contributed by atoms with E-state index in [1.54, 1.807) is 22.5 Å². The molecule has 1 aliphatic heterocycles. The molecule has 2 aromatic rings. The van der Waals surface area contributed by atoms with Gasteiger partial charge in [0.15, 0.2) is 0 Å². The second-order valence-corrected chi connectivity index (χ2v) is 8.61. The quantitative estimate of drug-likeness (QED) is 0.498. The molecule has 0 atom stereocenters. The first-order chi connectivity index (χ1) is 13.2. The Balaban J connectivity index is 1.72. The zero-order chi connectivity index (χ0) is 20.3. The lowest BCUT2D eigenvalue weighted by atomic mass is 10.1. The summed E-state index contributed by atoms with van der Waals surface area (Å²) in [5.74, 6) is 0.171. The van der Waals surface area contributed by atoms with Crippen molar-refractivity contribution in [2.24, 2.45) is 17.4 Å². The van der Waals surface area contributed by atoms with Crippen LogP contribution in [0.2, 0.25) is 5.02 Å². The predicted octanol–water partition coefficient (Wildman–Crippen LogP) is 4.69. The average molecular weight is 425 g/mol. The van der Waals surface area contributed by atoms with Crippen LogP contribution in [-0.4, -0.2) is 31.9 Å². The molecule has 0 saturated carbocycles. The van der Waals surface area contributed by atoms with Crippen molar-refractivity contribution in [3.05, 3.63) is 52.1 Å². The molecule has 3 rings (SSSR count). The minimum Gasteiger partial charge on any atom is -0.391 e. The smallest absolute Gasteiger partial charge is 0.143 e. The molecule has 1 aromatic heterocycles. The fourth-order valence-corrected chi connectivity index (χ4v) is 3.96. The fourth-order valence-electron chi connectivity index (χ4n) is 2.69. The van der Waals surface area contributed by atoms with Crippen LogP contribution in [0.25, 0.3) is 0 Å². The Morgan fingerprint density at radius 3 is 2.86 bits per heavy atom. The van der Waals surface area contributed by atoms with Gasteiger partial charge < -0.3 is 9.68 Å². The van der Waals surface area contributed by atoms with Gasteiger partial charge in [-0.15, -0.1) is 11.8 Å². The maximum absolute atomic E-state index is 13.2. The third-order valence-corrected chi connectivity index (χ3v) is 5.40. The Bertz CT molecular complexity index is 927. The zero-order valence-corrected chi connectivity index (χ0v) is 17.8. The third kappa shape index (κ3) is 5.26. The van der Waals surface area contributed by atoms with Crippen molar-refractivity contribution in [3.63, 3.8) is 0 Å². The van der Waals surface area contributed by atoms with Crippen LogP contribution in [0, 0.1) is 12.7 Å². The fraction of sp³-hybridized carbons (Fsp3) is 0.421. The number of rotatable bonds is 6. The minimum atomic E-state index is -0.386. The van der Waals surface area contributed by atoms with Crippen LogP contribution in [-0.2, 0) is 23.3 Å². The molecule has 0 amide bonds. The zero-order valence-electron chi connectivity index (χ0n) is 16.2. The van der Waals surface area contributed by atoms with E-state index in [2.05, 4.69) is 15.4 Å². The van der Waals surface area contributed by atoms with Gasteiger partial charge in [-0.25, -0.2) is 4.39 Å². The Hall–Kier alpha value is -2.06. The number of aryl methyl sites for hydroxylation is 2. The normalized spacial score (nSPS) is 16.1. The summed E-state index contributed by atoms with van der Waals surface area (Å²) in [5, 5.41) is 14.1. The first kappa shape index (κ1) is 20.7. The molecule has 0 aliphatic carbocycles. The van der Waals surface area contributed by atoms with E-state index in [-0.39, 0.29) is 18.0 Å². The van der Waals surface area contributed by atoms with Gasteiger partial charge in [0.1, 0.15) is 28.8 Å². The molecule has 0 saturated heterocycles. The standard InChI is InChI=1S/C19H22ClFN4O2S/c1-12-15(9-25(4)22-12)17(11-28-18-8-19(2,3)27-24-18)23-26-10-13-5-6-14(21)7-16(13)20/h5-7,9H,8,10-11H2,1-4H3. The number of halogens is 2. The Labute approximate surface area is 172 Å². The van der Waals surface area contributed by atoms with E-state index in [4.69, 9.17) is 21.3 Å². The molecule has 0 fully saturated rings. The molecule has 1 aliphatic rings. The number of nitrogens with zero attached hydrogens (tertiary/aromatic N) is 4. The highest BCUT2D eigenvalue weighted by Gasteiger charge is 2.29. The van der Waals surface area contributed by atoms with Gasteiger partial charge in [0.25, 0.3) is 0 Å². The topological polar surface area (TPSA) is 61.0 Å². The summed E-state index contributed by atoms with van der Waals surface area (Å²) in [7, 11) is 1.86. The Morgan fingerprint density at radius 2 is 2.25 bits per heavy atom. The number of hydrogen-bond acceptors (Lipinski definition) is 6. The van der Waals surface area contributed by atoms with E-state index in [1.165, 1.54) is 12.1 Å². The first-order valence-electron chi connectivity index (χ1n) is 8.75. The first-order valence-corrected chi connectivity index (χ1v) is 10.1. The van der Waals surface area contributed by atoms with Crippen molar-refractivity contribution in [2.75, 3.05) is 5.75 Å². The van der Waals surface area contributed by atoms with Gasteiger partial charge in [0.2, 0.25) is 0 Å². The van der Waals surface area contributed by atoms with Gasteiger partial charge >= 0.3 is 0 Å². The molecule has 1 aromatic carbocycles. The van der Waals surface area contributed by atoms with Crippen LogP contribution in [0.5, 0.6) is 0 Å². The van der Waals surface area contributed by atoms with Gasteiger partial charge in [0, 0.05) is 36.5 Å². The highest BCUT2D eigenvalue weighted by atomic mass is 35.5. The second kappa shape index (κ2) is 8.53. The monoisotopic (exact) mass is 424 g/mol. The van der Waals surface area contributed by atoms with E-state index < -0.39 is 0 Å². The van der Waals surface area contributed by atoms with E-state index in [1.807, 2.05) is 34.0 Å². The molecule has 0 spiro atoms. The molecule has 0 bridgehead atoms. The van der Waals surface area contributed by atoms with Crippen LogP contribution in [0.4, 0.5) is 4.39 Å². The van der Waals surface area contributed by atoms with Crippen LogP contribution in [0.15, 0.2) is 34.7 Å². The number of benzene rings is 1. The van der Waals surface area contributed by atoms with E-state index >= 15 is 0 Å². The van der Waals surface area contributed by atoms with E-state index in [0.717, 1.165) is 28.4 Å². The second-order valence-electron chi connectivity index (χ2n) is 7.15. The van der Waals surface area contributed by atoms with Crippen LogP contribution < -0.4 is 0 Å². The summed E-state index contributed by atoms with van der Waals surface area (Å²) in [4.78, 5) is 11.0. The lowest BCUT2D eigenvalue weighted by molar-refractivity contribution is 0.0123. The number of hydrogen-bond donors (Lipinski definition) is 0. The summed E-state index contributed by atoms with van der Waals surface area (Å²) in [6, 6.07) is 4.19. The third-order valence-electron chi connectivity index (χ3n) is 4.08. The molecule has 28 heavy (non-hydrogen) atoms. The number of oxime groups is 2. The molecule has 9 heteroatoms. The van der Waals surface area contributed by atoms with Crippen molar-refractivity contribution >= 4 is 34.1 Å². The van der Waals surface area contributed by atoms with Gasteiger partial charge in [0.05, 0.1) is 10.7 Å². The van der Waals surface area contributed by atoms with Crippen LogP contribution >= 0.6 is 23.4 Å². The van der Waals surface area contributed by atoms with Gasteiger partial charge in [-0.1, -0.05) is 28.0 Å². The lowest BCUT2D eigenvalue weighted by Gasteiger charge is -2.13. The van der Waals surface area contributed by atoms with Crippen molar-refractivity contribution in [1.29, 1.82) is 0 Å². The molecule has 150 valence electrons. The highest BCUT2D eigenvalue weighted by Crippen LogP contribution is 2.28. The molecule has 0 N–H and O–H groups in total. The molecule has 0 unspecified atom stereocenters. The summed E-state index contributed by atoms with van der Waals surface area (Å²) in [6.45, 7) is 6.06.